The quantitative estimate of drug-likeness (QED) is 0.763. The van der Waals surface area contributed by atoms with E-state index in [4.69, 9.17) is 9.47 Å². The Balaban J connectivity index is 1.43. The normalized spacial score (nSPS) is 19.4. The lowest BCUT2D eigenvalue weighted by molar-refractivity contribution is -0.142. The van der Waals surface area contributed by atoms with E-state index in [0.717, 1.165) is 18.5 Å². The molecule has 2 aliphatic heterocycles. The first-order valence-corrected chi connectivity index (χ1v) is 9.85. The van der Waals surface area contributed by atoms with Gasteiger partial charge in [-0.05, 0) is 31.9 Å². The number of nitrogens with zero attached hydrogens (tertiary/aromatic N) is 5. The van der Waals surface area contributed by atoms with Gasteiger partial charge in [0, 0.05) is 38.9 Å². The van der Waals surface area contributed by atoms with Gasteiger partial charge in [0.15, 0.2) is 5.69 Å². The number of aromatic nitrogens is 3. The molecule has 2 aliphatic rings. The second-order valence-corrected chi connectivity index (χ2v) is 7.26. The van der Waals surface area contributed by atoms with Crippen LogP contribution in [-0.2, 0) is 9.53 Å². The van der Waals surface area contributed by atoms with Crippen molar-refractivity contribution in [3.05, 3.63) is 35.7 Å². The van der Waals surface area contributed by atoms with Crippen molar-refractivity contribution in [2.75, 3.05) is 39.9 Å². The predicted octanol–water partition coefficient (Wildman–Crippen LogP) is 1.05. The van der Waals surface area contributed by atoms with Crippen LogP contribution >= 0.6 is 0 Å². The summed E-state index contributed by atoms with van der Waals surface area (Å²) < 4.78 is 12.4. The fourth-order valence-corrected chi connectivity index (χ4v) is 3.77. The van der Waals surface area contributed by atoms with Gasteiger partial charge in [0.2, 0.25) is 0 Å². The number of ether oxygens (including phenoxy) is 2. The molecule has 0 radical (unpaired) electrons. The molecule has 2 aromatic rings. The largest absolute Gasteiger partial charge is 0.497 e. The molecule has 0 aliphatic carbocycles. The van der Waals surface area contributed by atoms with Crippen molar-refractivity contribution in [2.45, 2.75) is 25.9 Å². The monoisotopic (exact) mass is 399 g/mol. The zero-order chi connectivity index (χ0) is 20.4. The van der Waals surface area contributed by atoms with Crippen LogP contribution in [0, 0.1) is 6.92 Å². The molecule has 0 bridgehead atoms. The molecular weight excluding hydrogens is 374 g/mol. The summed E-state index contributed by atoms with van der Waals surface area (Å²) in [7, 11) is 1.60. The molecule has 0 saturated carbocycles. The fourth-order valence-electron chi connectivity index (χ4n) is 3.77. The van der Waals surface area contributed by atoms with Crippen molar-refractivity contribution >= 4 is 11.8 Å². The smallest absolute Gasteiger partial charge is 0.276 e. The number of carbonyl (C=O) groups is 2. The number of amides is 2. The number of carbonyl (C=O) groups excluding carboxylic acids is 2. The minimum Gasteiger partial charge on any atom is -0.497 e. The molecule has 29 heavy (non-hydrogen) atoms. The summed E-state index contributed by atoms with van der Waals surface area (Å²) in [5.41, 5.74) is 1.77. The number of rotatable bonds is 4. The Kier molecular flexibility index (Phi) is 5.48. The van der Waals surface area contributed by atoms with Gasteiger partial charge in [-0.3, -0.25) is 9.59 Å². The van der Waals surface area contributed by atoms with E-state index in [1.165, 1.54) is 0 Å². The molecule has 1 unspecified atom stereocenters. The van der Waals surface area contributed by atoms with E-state index in [2.05, 4.69) is 10.3 Å². The molecular formula is C20H25N5O4. The summed E-state index contributed by atoms with van der Waals surface area (Å²) in [5.74, 6) is 0.577. The third-order valence-electron chi connectivity index (χ3n) is 5.48. The van der Waals surface area contributed by atoms with E-state index in [9.17, 15) is 9.59 Å². The third-order valence-corrected chi connectivity index (χ3v) is 5.48. The minimum atomic E-state index is -0.317. The Morgan fingerprint density at radius 2 is 1.93 bits per heavy atom. The van der Waals surface area contributed by atoms with E-state index < -0.39 is 0 Å². The Bertz CT molecular complexity index is 898. The summed E-state index contributed by atoms with van der Waals surface area (Å²) >= 11 is 0. The molecule has 1 aromatic heterocycles. The number of hydrogen-bond acceptors (Lipinski definition) is 6. The SMILES string of the molecule is COc1cccc(-n2nnc(C(=O)N3CCN(C(=O)C4CCCO4)CC3)c2C)c1. The van der Waals surface area contributed by atoms with Crippen molar-refractivity contribution in [3.8, 4) is 11.4 Å². The lowest BCUT2D eigenvalue weighted by Crippen LogP contribution is -2.53. The van der Waals surface area contributed by atoms with Crippen molar-refractivity contribution in [1.29, 1.82) is 0 Å². The molecule has 2 amide bonds. The molecule has 2 saturated heterocycles. The number of hydrogen-bond donors (Lipinski definition) is 0. The van der Waals surface area contributed by atoms with Crippen LogP contribution in [0.4, 0.5) is 0 Å². The van der Waals surface area contributed by atoms with Gasteiger partial charge in [-0.15, -0.1) is 5.10 Å². The zero-order valence-electron chi connectivity index (χ0n) is 16.7. The van der Waals surface area contributed by atoms with Gasteiger partial charge in [-0.25, -0.2) is 4.68 Å². The van der Waals surface area contributed by atoms with Gasteiger partial charge in [0.25, 0.3) is 11.8 Å². The first-order chi connectivity index (χ1) is 14.1. The van der Waals surface area contributed by atoms with Gasteiger partial charge in [0.1, 0.15) is 11.9 Å². The standard InChI is InChI=1S/C20H25N5O4/c1-14-18(21-22-25(14)15-5-3-6-16(13-15)28-2)20(27)24-10-8-23(9-11-24)19(26)17-7-4-12-29-17/h3,5-6,13,17H,4,7-12H2,1-2H3. The summed E-state index contributed by atoms with van der Waals surface area (Å²) in [4.78, 5) is 29.0. The van der Waals surface area contributed by atoms with E-state index in [-0.39, 0.29) is 17.9 Å². The molecule has 9 heteroatoms. The molecule has 0 spiro atoms. The van der Waals surface area contributed by atoms with Crippen molar-refractivity contribution in [1.82, 2.24) is 24.8 Å². The Morgan fingerprint density at radius 1 is 1.17 bits per heavy atom. The summed E-state index contributed by atoms with van der Waals surface area (Å²) in [6, 6.07) is 7.43. The fraction of sp³-hybridized carbons (Fsp3) is 0.500. The third kappa shape index (κ3) is 3.82. The second kappa shape index (κ2) is 8.20. The molecule has 1 aromatic carbocycles. The Morgan fingerprint density at radius 3 is 2.62 bits per heavy atom. The van der Waals surface area contributed by atoms with E-state index in [1.807, 2.05) is 31.2 Å². The first kappa shape index (κ1) is 19.4. The highest BCUT2D eigenvalue weighted by atomic mass is 16.5. The molecule has 9 nitrogen and oxygen atoms in total. The average Bonchev–Trinajstić information content (AvgIpc) is 3.43. The van der Waals surface area contributed by atoms with Gasteiger partial charge in [0.05, 0.1) is 18.5 Å². The van der Waals surface area contributed by atoms with Crippen LogP contribution in [0.25, 0.3) is 5.69 Å². The van der Waals surface area contributed by atoms with Crippen molar-refractivity contribution in [3.63, 3.8) is 0 Å². The van der Waals surface area contributed by atoms with Gasteiger partial charge in [-0.1, -0.05) is 11.3 Å². The summed E-state index contributed by atoms with van der Waals surface area (Å²) in [6.45, 7) is 4.44. The minimum absolute atomic E-state index is 0.0368. The van der Waals surface area contributed by atoms with E-state index in [1.54, 1.807) is 21.6 Å². The second-order valence-electron chi connectivity index (χ2n) is 7.26. The average molecular weight is 399 g/mol. The van der Waals surface area contributed by atoms with Gasteiger partial charge in [-0.2, -0.15) is 0 Å². The van der Waals surface area contributed by atoms with Crippen molar-refractivity contribution < 1.29 is 19.1 Å². The maximum atomic E-state index is 13.0. The van der Waals surface area contributed by atoms with E-state index >= 15 is 0 Å². The number of benzene rings is 1. The number of methoxy groups -OCH3 is 1. The molecule has 2 fully saturated rings. The Labute approximate surface area is 169 Å². The zero-order valence-corrected chi connectivity index (χ0v) is 16.7. The van der Waals surface area contributed by atoms with Crippen LogP contribution in [0.1, 0.15) is 29.0 Å². The molecule has 3 heterocycles. The van der Waals surface area contributed by atoms with Gasteiger partial charge >= 0.3 is 0 Å². The van der Waals surface area contributed by atoms with Crippen LogP contribution in [0.5, 0.6) is 5.75 Å². The summed E-state index contributed by atoms with van der Waals surface area (Å²) in [5, 5.41) is 8.28. The van der Waals surface area contributed by atoms with Crippen molar-refractivity contribution in [2.24, 2.45) is 0 Å². The lowest BCUT2D eigenvalue weighted by Gasteiger charge is -2.35. The topological polar surface area (TPSA) is 89.8 Å². The molecule has 4 rings (SSSR count). The van der Waals surface area contributed by atoms with Crippen LogP contribution in [0.3, 0.4) is 0 Å². The highest BCUT2D eigenvalue weighted by Crippen LogP contribution is 2.20. The molecule has 154 valence electrons. The van der Waals surface area contributed by atoms with Crippen LogP contribution in [0.2, 0.25) is 0 Å². The first-order valence-electron chi connectivity index (χ1n) is 9.85. The molecule has 1 atom stereocenters. The predicted molar refractivity (Wildman–Crippen MR) is 104 cm³/mol. The van der Waals surface area contributed by atoms with Crippen LogP contribution in [-0.4, -0.2) is 82.6 Å². The Hall–Kier alpha value is -2.94. The van der Waals surface area contributed by atoms with Gasteiger partial charge < -0.3 is 19.3 Å². The molecule has 0 N–H and O–H groups in total. The highest BCUT2D eigenvalue weighted by molar-refractivity contribution is 5.93. The van der Waals surface area contributed by atoms with E-state index in [0.29, 0.717) is 49.9 Å². The number of piperazine rings is 1. The summed E-state index contributed by atoms with van der Waals surface area (Å²) in [6.07, 6.45) is 1.39. The van der Waals surface area contributed by atoms with Crippen LogP contribution in [0.15, 0.2) is 24.3 Å². The highest BCUT2D eigenvalue weighted by Gasteiger charge is 2.32. The maximum absolute atomic E-state index is 13.0. The van der Waals surface area contributed by atoms with Crippen LogP contribution < -0.4 is 4.74 Å². The maximum Gasteiger partial charge on any atom is 0.276 e. The lowest BCUT2D eigenvalue weighted by atomic mass is 10.2.